The fourth-order valence-corrected chi connectivity index (χ4v) is 4.85. The molecule has 0 unspecified atom stereocenters. The molecule has 2 N–H and O–H groups in total. The van der Waals surface area contributed by atoms with Gasteiger partial charge < -0.3 is 15.4 Å². The van der Waals surface area contributed by atoms with Crippen molar-refractivity contribution < 1.29 is 9.53 Å². The van der Waals surface area contributed by atoms with Gasteiger partial charge >= 0.3 is 0 Å². The molecule has 0 bridgehead atoms. The molecule has 1 aliphatic heterocycles. The Bertz CT molecular complexity index is 717. The number of hydrogen-bond acceptors (Lipinski definition) is 4. The van der Waals surface area contributed by atoms with Crippen molar-refractivity contribution in [3.8, 4) is 6.07 Å². The van der Waals surface area contributed by atoms with Crippen LogP contribution in [0.2, 0.25) is 0 Å². The second-order valence-electron chi connectivity index (χ2n) is 8.78. The highest BCUT2D eigenvalue weighted by atomic mass is 16.5. The molecule has 2 aliphatic carbocycles. The topological polar surface area (TPSA) is 79.4 Å². The summed E-state index contributed by atoms with van der Waals surface area (Å²) in [6.07, 6.45) is 7.84. The van der Waals surface area contributed by atoms with Crippen LogP contribution in [0.4, 0.5) is 0 Å². The third-order valence-corrected chi connectivity index (χ3v) is 6.91. The summed E-state index contributed by atoms with van der Waals surface area (Å²) in [5.74, 6) is 0.605. The zero-order valence-corrected chi connectivity index (χ0v) is 16.6. The van der Waals surface area contributed by atoms with Crippen LogP contribution in [-0.4, -0.2) is 42.1 Å². The Balaban J connectivity index is 1.32. The van der Waals surface area contributed by atoms with E-state index >= 15 is 0 Å². The summed E-state index contributed by atoms with van der Waals surface area (Å²) < 4.78 is 6.27. The fraction of sp³-hybridized carbons (Fsp3) is 0.652. The van der Waals surface area contributed by atoms with Crippen molar-refractivity contribution in [2.24, 2.45) is 11.1 Å². The molecule has 1 heterocycles. The molecule has 150 valence electrons. The van der Waals surface area contributed by atoms with E-state index in [1.807, 2.05) is 4.90 Å². The molecule has 0 radical (unpaired) electrons. The van der Waals surface area contributed by atoms with Gasteiger partial charge in [0.05, 0.1) is 24.8 Å². The molecule has 1 aromatic carbocycles. The van der Waals surface area contributed by atoms with Gasteiger partial charge in [-0.1, -0.05) is 30.3 Å². The van der Waals surface area contributed by atoms with E-state index in [-0.39, 0.29) is 24.1 Å². The van der Waals surface area contributed by atoms with Crippen molar-refractivity contribution in [3.05, 3.63) is 35.9 Å². The number of amides is 1. The smallest absolute Gasteiger partial charge is 0.243 e. The highest BCUT2D eigenvalue weighted by molar-refractivity contribution is 5.88. The number of hydrogen-bond donors (Lipinski definition) is 1. The zero-order valence-electron chi connectivity index (χ0n) is 16.6. The molecule has 5 nitrogen and oxygen atoms in total. The molecule has 3 aliphatic rings. The second-order valence-corrected chi connectivity index (χ2v) is 8.78. The normalized spacial score (nSPS) is 31.8. The summed E-state index contributed by atoms with van der Waals surface area (Å²) in [7, 11) is 0. The molecular formula is C23H31N3O2. The molecule has 1 amide bonds. The average Bonchev–Trinajstić information content (AvgIpc) is 3.55. The molecular weight excluding hydrogens is 350 g/mol. The van der Waals surface area contributed by atoms with Crippen LogP contribution >= 0.6 is 0 Å². The highest BCUT2D eigenvalue weighted by Crippen LogP contribution is 2.47. The molecule has 5 heteroatoms. The van der Waals surface area contributed by atoms with Crippen molar-refractivity contribution in [3.63, 3.8) is 0 Å². The summed E-state index contributed by atoms with van der Waals surface area (Å²) in [4.78, 5) is 14.8. The first-order valence-corrected chi connectivity index (χ1v) is 10.8. The van der Waals surface area contributed by atoms with E-state index in [2.05, 4.69) is 36.4 Å². The largest absolute Gasteiger partial charge is 0.376 e. The standard InChI is InChI=1S/C23H31N3O2/c24-16-23(12-13-23)22(27)26-14-4-7-20(25)21(26)15-28-19-10-8-18(9-11-19)17-5-2-1-3-6-17/h1-3,5-6,18-21H,4,7-15,25H2/t18?,19?,20-,21-/m0/s1. The molecule has 28 heavy (non-hydrogen) atoms. The van der Waals surface area contributed by atoms with Crippen molar-refractivity contribution in [1.29, 1.82) is 5.26 Å². The maximum Gasteiger partial charge on any atom is 0.243 e. The first kappa shape index (κ1) is 19.4. The van der Waals surface area contributed by atoms with Crippen LogP contribution in [0.5, 0.6) is 0 Å². The number of carbonyl (C=O) groups is 1. The minimum atomic E-state index is -0.775. The van der Waals surface area contributed by atoms with E-state index in [1.54, 1.807) is 0 Å². The van der Waals surface area contributed by atoms with Gasteiger partial charge in [0.15, 0.2) is 0 Å². The third kappa shape index (κ3) is 3.94. The summed E-state index contributed by atoms with van der Waals surface area (Å²) >= 11 is 0. The van der Waals surface area contributed by atoms with Gasteiger partial charge in [0.1, 0.15) is 5.41 Å². The molecule has 4 rings (SSSR count). The third-order valence-electron chi connectivity index (χ3n) is 6.91. The lowest BCUT2D eigenvalue weighted by Crippen LogP contribution is -2.58. The number of likely N-dealkylation sites (tertiary alicyclic amines) is 1. The molecule has 0 spiro atoms. The predicted molar refractivity (Wildman–Crippen MR) is 107 cm³/mol. The lowest BCUT2D eigenvalue weighted by Gasteiger charge is -2.41. The van der Waals surface area contributed by atoms with Gasteiger partial charge in [0.25, 0.3) is 0 Å². The van der Waals surface area contributed by atoms with Crippen molar-refractivity contribution >= 4 is 5.91 Å². The van der Waals surface area contributed by atoms with Crippen molar-refractivity contribution in [2.75, 3.05) is 13.2 Å². The minimum Gasteiger partial charge on any atom is -0.376 e. The van der Waals surface area contributed by atoms with Crippen LogP contribution in [0.3, 0.4) is 0 Å². The number of nitriles is 1. The number of carbonyl (C=O) groups excluding carboxylic acids is 1. The maximum atomic E-state index is 12.9. The first-order chi connectivity index (χ1) is 13.6. The van der Waals surface area contributed by atoms with Crippen molar-refractivity contribution in [1.82, 2.24) is 4.90 Å². The quantitative estimate of drug-likeness (QED) is 0.848. The van der Waals surface area contributed by atoms with E-state index in [1.165, 1.54) is 5.56 Å². The predicted octanol–water partition coefficient (Wildman–Crippen LogP) is 3.35. The lowest BCUT2D eigenvalue weighted by atomic mass is 9.83. The SMILES string of the molecule is N#CC1(C(=O)N2CCC[C@H](N)[C@@H]2COC2CCC(c3ccccc3)CC2)CC1. The van der Waals surface area contributed by atoms with Crippen LogP contribution in [-0.2, 0) is 9.53 Å². The molecule has 1 saturated heterocycles. The fourth-order valence-electron chi connectivity index (χ4n) is 4.85. The molecule has 0 aromatic heterocycles. The van der Waals surface area contributed by atoms with Gasteiger partial charge in [-0.05, 0) is 62.8 Å². The van der Waals surface area contributed by atoms with Gasteiger partial charge in [0, 0.05) is 12.6 Å². The van der Waals surface area contributed by atoms with Gasteiger partial charge in [-0.25, -0.2) is 0 Å². The van der Waals surface area contributed by atoms with Crippen LogP contribution in [0.15, 0.2) is 30.3 Å². The van der Waals surface area contributed by atoms with E-state index in [4.69, 9.17) is 10.5 Å². The lowest BCUT2D eigenvalue weighted by molar-refractivity contribution is -0.142. The molecule has 2 atom stereocenters. The highest BCUT2D eigenvalue weighted by Gasteiger charge is 2.54. The summed E-state index contributed by atoms with van der Waals surface area (Å²) in [5.41, 5.74) is 7.02. The number of ether oxygens (including phenoxy) is 1. The number of rotatable bonds is 5. The van der Waals surface area contributed by atoms with E-state index in [9.17, 15) is 10.1 Å². The Hall–Kier alpha value is -1.90. The Kier molecular flexibility index (Phi) is 5.70. The Morgan fingerprint density at radius 2 is 1.89 bits per heavy atom. The molecule has 3 fully saturated rings. The van der Waals surface area contributed by atoms with Crippen LogP contribution in [0.1, 0.15) is 62.8 Å². The van der Waals surface area contributed by atoms with Gasteiger partial charge in [0.2, 0.25) is 5.91 Å². The number of nitrogens with two attached hydrogens (primary N) is 1. The Morgan fingerprint density at radius 3 is 2.54 bits per heavy atom. The van der Waals surface area contributed by atoms with Crippen molar-refractivity contribution in [2.45, 2.75) is 75.5 Å². The maximum absolute atomic E-state index is 12.9. The summed E-state index contributed by atoms with van der Waals surface area (Å²) in [6, 6.07) is 12.8. The second kappa shape index (κ2) is 8.23. The average molecular weight is 382 g/mol. The van der Waals surface area contributed by atoms with E-state index in [0.29, 0.717) is 31.9 Å². The number of nitrogens with zero attached hydrogens (tertiary/aromatic N) is 2. The van der Waals surface area contributed by atoms with E-state index in [0.717, 1.165) is 38.5 Å². The Morgan fingerprint density at radius 1 is 1.18 bits per heavy atom. The summed E-state index contributed by atoms with van der Waals surface area (Å²) in [5, 5.41) is 9.40. The van der Waals surface area contributed by atoms with Crippen LogP contribution < -0.4 is 5.73 Å². The van der Waals surface area contributed by atoms with Crippen LogP contribution in [0, 0.1) is 16.7 Å². The number of piperidine rings is 1. The molecule has 1 aromatic rings. The minimum absolute atomic E-state index is 0.0217. The van der Waals surface area contributed by atoms with E-state index < -0.39 is 5.41 Å². The van der Waals surface area contributed by atoms with Gasteiger partial charge in [-0.3, -0.25) is 4.79 Å². The van der Waals surface area contributed by atoms with Gasteiger partial charge in [-0.15, -0.1) is 0 Å². The summed E-state index contributed by atoms with van der Waals surface area (Å²) in [6.45, 7) is 1.19. The number of benzene rings is 1. The molecule has 2 saturated carbocycles. The zero-order chi connectivity index (χ0) is 19.6. The van der Waals surface area contributed by atoms with Crippen LogP contribution in [0.25, 0.3) is 0 Å². The first-order valence-electron chi connectivity index (χ1n) is 10.8. The van der Waals surface area contributed by atoms with Gasteiger partial charge in [-0.2, -0.15) is 5.26 Å². The monoisotopic (exact) mass is 381 g/mol. The Labute approximate surface area is 167 Å².